The number of halogens is 1. The summed E-state index contributed by atoms with van der Waals surface area (Å²) in [6.45, 7) is 6.15. The quantitative estimate of drug-likeness (QED) is 0.908. The summed E-state index contributed by atoms with van der Waals surface area (Å²) < 4.78 is 11.9. The molecule has 0 saturated carbocycles. The van der Waals surface area contributed by atoms with Gasteiger partial charge in [0.2, 0.25) is 0 Å². The van der Waals surface area contributed by atoms with Crippen molar-refractivity contribution in [2.45, 2.75) is 26.4 Å². The van der Waals surface area contributed by atoms with Crippen molar-refractivity contribution in [2.75, 3.05) is 19.8 Å². The van der Waals surface area contributed by atoms with Crippen LogP contribution in [0, 0.1) is 5.41 Å². The van der Waals surface area contributed by atoms with Crippen molar-refractivity contribution < 1.29 is 14.6 Å². The molecular formula is C14H19BrO3. The molecule has 1 aromatic carbocycles. The molecule has 18 heavy (non-hydrogen) atoms. The van der Waals surface area contributed by atoms with Crippen LogP contribution in [-0.4, -0.2) is 31.0 Å². The highest BCUT2D eigenvalue weighted by Crippen LogP contribution is 2.31. The summed E-state index contributed by atoms with van der Waals surface area (Å²) in [5.74, 6) is 0.845. The topological polar surface area (TPSA) is 38.7 Å². The van der Waals surface area contributed by atoms with Crippen molar-refractivity contribution in [3.63, 3.8) is 0 Å². The first-order valence-corrected chi connectivity index (χ1v) is 6.95. The van der Waals surface area contributed by atoms with Crippen molar-refractivity contribution in [1.82, 2.24) is 0 Å². The van der Waals surface area contributed by atoms with Gasteiger partial charge in [-0.1, -0.05) is 13.0 Å². The normalized spacial score (nSPS) is 19.1. The van der Waals surface area contributed by atoms with Gasteiger partial charge >= 0.3 is 0 Å². The van der Waals surface area contributed by atoms with E-state index in [4.69, 9.17) is 9.47 Å². The molecule has 3 nitrogen and oxygen atoms in total. The molecule has 1 aliphatic rings. The van der Waals surface area contributed by atoms with E-state index in [2.05, 4.69) is 22.9 Å². The van der Waals surface area contributed by atoms with Gasteiger partial charge in [-0.15, -0.1) is 0 Å². The molecule has 4 heteroatoms. The van der Waals surface area contributed by atoms with Gasteiger partial charge in [-0.3, -0.25) is 0 Å². The Kier molecular flexibility index (Phi) is 4.30. The van der Waals surface area contributed by atoms with Crippen LogP contribution in [0.15, 0.2) is 22.7 Å². The molecular weight excluding hydrogens is 296 g/mol. The van der Waals surface area contributed by atoms with Crippen LogP contribution in [-0.2, 0) is 11.2 Å². The van der Waals surface area contributed by atoms with E-state index in [0.29, 0.717) is 13.0 Å². The average molecular weight is 315 g/mol. The third-order valence-corrected chi connectivity index (χ3v) is 3.62. The molecule has 0 spiro atoms. The first-order chi connectivity index (χ1) is 8.48. The lowest BCUT2D eigenvalue weighted by Crippen LogP contribution is -2.44. The summed E-state index contributed by atoms with van der Waals surface area (Å²) in [4.78, 5) is 0. The summed E-state index contributed by atoms with van der Waals surface area (Å²) in [7, 11) is 0. The lowest BCUT2D eigenvalue weighted by Gasteiger charge is -2.37. The van der Waals surface area contributed by atoms with Gasteiger partial charge in [0.1, 0.15) is 5.75 Å². The van der Waals surface area contributed by atoms with Crippen molar-refractivity contribution in [2.24, 2.45) is 5.41 Å². The summed E-state index contributed by atoms with van der Waals surface area (Å²) >= 11 is 3.51. The molecule has 0 radical (unpaired) electrons. The van der Waals surface area contributed by atoms with Gasteiger partial charge < -0.3 is 14.6 Å². The van der Waals surface area contributed by atoms with E-state index in [9.17, 15) is 5.11 Å². The van der Waals surface area contributed by atoms with E-state index >= 15 is 0 Å². The van der Waals surface area contributed by atoms with Gasteiger partial charge in [0.15, 0.2) is 0 Å². The smallest absolute Gasteiger partial charge is 0.133 e. The molecule has 1 fully saturated rings. The first kappa shape index (κ1) is 13.8. The monoisotopic (exact) mass is 314 g/mol. The number of aliphatic hydroxyl groups is 1. The summed E-state index contributed by atoms with van der Waals surface area (Å²) in [5, 5.41) is 9.36. The minimum Gasteiger partial charge on any atom is -0.492 e. The Bertz CT molecular complexity index is 414. The van der Waals surface area contributed by atoms with E-state index < -0.39 is 0 Å². The zero-order valence-electron chi connectivity index (χ0n) is 10.8. The molecule has 1 N–H and O–H groups in total. The lowest BCUT2D eigenvalue weighted by molar-refractivity contribution is -0.120. The number of hydrogen-bond donors (Lipinski definition) is 1. The second kappa shape index (κ2) is 5.59. The van der Waals surface area contributed by atoms with Crippen LogP contribution >= 0.6 is 15.9 Å². The zero-order chi connectivity index (χ0) is 13.2. The molecule has 2 rings (SSSR count). The summed E-state index contributed by atoms with van der Waals surface area (Å²) in [5.41, 5.74) is 1.25. The molecule has 1 heterocycles. The van der Waals surface area contributed by atoms with Crippen molar-refractivity contribution in [3.8, 4) is 5.75 Å². The molecule has 0 aliphatic carbocycles. The standard InChI is InChI=1S/C14H19BrO3/c1-10(16)5-11-3-4-13(12(15)6-11)18-9-14(2)7-17-8-14/h3-4,6,10,16H,5,7-9H2,1-2H3. The maximum absolute atomic E-state index is 9.36. The molecule has 1 aromatic rings. The number of aliphatic hydroxyl groups excluding tert-OH is 1. The first-order valence-electron chi connectivity index (χ1n) is 6.16. The molecule has 1 saturated heterocycles. The third kappa shape index (κ3) is 3.46. The fourth-order valence-corrected chi connectivity index (χ4v) is 2.46. The van der Waals surface area contributed by atoms with Crippen LogP contribution in [0.5, 0.6) is 5.75 Å². The molecule has 0 bridgehead atoms. The Morgan fingerprint density at radius 3 is 2.72 bits per heavy atom. The fourth-order valence-electron chi connectivity index (χ4n) is 1.92. The van der Waals surface area contributed by atoms with E-state index in [-0.39, 0.29) is 11.5 Å². The van der Waals surface area contributed by atoms with Gasteiger partial charge in [0.05, 0.1) is 30.4 Å². The van der Waals surface area contributed by atoms with Gasteiger partial charge in [-0.25, -0.2) is 0 Å². The Hall–Kier alpha value is -0.580. The molecule has 1 unspecified atom stereocenters. The van der Waals surface area contributed by atoms with Crippen LogP contribution in [0.4, 0.5) is 0 Å². The van der Waals surface area contributed by atoms with Crippen molar-refractivity contribution >= 4 is 15.9 Å². The van der Waals surface area contributed by atoms with Gasteiger partial charge in [-0.2, -0.15) is 0 Å². The number of rotatable bonds is 5. The van der Waals surface area contributed by atoms with Crippen LogP contribution in [0.3, 0.4) is 0 Å². The Morgan fingerprint density at radius 2 is 2.22 bits per heavy atom. The SMILES string of the molecule is CC(O)Cc1ccc(OCC2(C)COC2)c(Br)c1. The van der Waals surface area contributed by atoms with Crippen molar-refractivity contribution in [3.05, 3.63) is 28.2 Å². The van der Waals surface area contributed by atoms with E-state index in [1.54, 1.807) is 6.92 Å². The molecule has 100 valence electrons. The van der Waals surface area contributed by atoms with E-state index in [0.717, 1.165) is 29.0 Å². The Balaban J connectivity index is 1.96. The second-order valence-electron chi connectivity index (χ2n) is 5.41. The van der Waals surface area contributed by atoms with E-state index in [1.165, 1.54) is 0 Å². The predicted octanol–water partition coefficient (Wildman–Crippen LogP) is 2.79. The van der Waals surface area contributed by atoms with Crippen LogP contribution in [0.25, 0.3) is 0 Å². The highest BCUT2D eigenvalue weighted by Gasteiger charge is 2.34. The molecule has 1 atom stereocenters. The maximum Gasteiger partial charge on any atom is 0.133 e. The Labute approximate surface area is 116 Å². The maximum atomic E-state index is 9.36. The van der Waals surface area contributed by atoms with Crippen molar-refractivity contribution in [1.29, 1.82) is 0 Å². The van der Waals surface area contributed by atoms with Crippen LogP contribution in [0.2, 0.25) is 0 Å². The minimum absolute atomic E-state index is 0.151. The average Bonchev–Trinajstić information content (AvgIpc) is 2.24. The molecule has 1 aliphatic heterocycles. The third-order valence-electron chi connectivity index (χ3n) is 3.00. The molecule has 0 aromatic heterocycles. The lowest BCUT2D eigenvalue weighted by atomic mass is 9.90. The van der Waals surface area contributed by atoms with Gasteiger partial charge in [0, 0.05) is 5.41 Å². The van der Waals surface area contributed by atoms with Gasteiger partial charge in [-0.05, 0) is 47.0 Å². The minimum atomic E-state index is -0.324. The number of hydrogen-bond acceptors (Lipinski definition) is 3. The predicted molar refractivity (Wildman–Crippen MR) is 73.9 cm³/mol. The fraction of sp³-hybridized carbons (Fsp3) is 0.571. The number of benzene rings is 1. The zero-order valence-corrected chi connectivity index (χ0v) is 12.4. The summed E-state index contributed by atoms with van der Waals surface area (Å²) in [6, 6.07) is 5.94. The highest BCUT2D eigenvalue weighted by molar-refractivity contribution is 9.10. The largest absolute Gasteiger partial charge is 0.492 e. The van der Waals surface area contributed by atoms with E-state index in [1.807, 2.05) is 18.2 Å². The van der Waals surface area contributed by atoms with Crippen LogP contribution in [0.1, 0.15) is 19.4 Å². The summed E-state index contributed by atoms with van der Waals surface area (Å²) in [6.07, 6.45) is 0.333. The number of ether oxygens (including phenoxy) is 2. The van der Waals surface area contributed by atoms with Gasteiger partial charge in [0.25, 0.3) is 0 Å². The highest BCUT2D eigenvalue weighted by atomic mass is 79.9. The van der Waals surface area contributed by atoms with Crippen LogP contribution < -0.4 is 4.74 Å². The molecule has 0 amide bonds. The Morgan fingerprint density at radius 1 is 1.50 bits per heavy atom. The second-order valence-corrected chi connectivity index (χ2v) is 6.26.